The second-order valence-corrected chi connectivity index (χ2v) is 4.14. The van der Waals surface area contributed by atoms with Crippen molar-refractivity contribution >= 4 is 52.4 Å². The predicted molar refractivity (Wildman–Crippen MR) is 69.8 cm³/mol. The largest absolute Gasteiger partial charge is 0.278 e. The highest BCUT2D eigenvalue weighted by molar-refractivity contribution is 6.61. The average Bonchev–Trinajstić information content (AvgIpc) is 2.29. The Balaban J connectivity index is 2.65. The Kier molecular flexibility index (Phi) is 5.21. The van der Waals surface area contributed by atoms with Gasteiger partial charge in [0.25, 0.3) is 5.69 Å². The fourth-order valence-electron chi connectivity index (χ4n) is 0.870. The first kappa shape index (κ1) is 13.8. The lowest BCUT2D eigenvalue weighted by Gasteiger charge is -1.98. The van der Waals surface area contributed by atoms with Gasteiger partial charge in [-0.15, -0.1) is 0 Å². The van der Waals surface area contributed by atoms with Crippen LogP contribution in [0, 0.1) is 10.1 Å². The lowest BCUT2D eigenvalue weighted by molar-refractivity contribution is -0.384. The van der Waals surface area contributed by atoms with Crippen LogP contribution in [0.5, 0.6) is 0 Å². The van der Waals surface area contributed by atoms with Crippen LogP contribution in [0.25, 0.3) is 0 Å². The van der Waals surface area contributed by atoms with Gasteiger partial charge in [0, 0.05) is 12.1 Å². The molecule has 0 aliphatic rings. The Labute approximate surface area is 112 Å². The number of rotatable bonds is 4. The number of nitrogens with one attached hydrogen (secondary N) is 1. The minimum Gasteiger partial charge on any atom is -0.278 e. The fraction of sp³-hybridized carbons (Fsp3) is 0. The molecular weight excluding hydrogens is 288 g/mol. The molecule has 0 aliphatic heterocycles. The van der Waals surface area contributed by atoms with Crippen molar-refractivity contribution in [1.29, 1.82) is 0 Å². The van der Waals surface area contributed by atoms with E-state index >= 15 is 0 Å². The summed E-state index contributed by atoms with van der Waals surface area (Å²) in [5.41, 5.74) is 3.18. The molecule has 0 saturated carbocycles. The van der Waals surface area contributed by atoms with Crippen LogP contribution in [0.2, 0.25) is 0 Å². The van der Waals surface area contributed by atoms with Gasteiger partial charge in [-0.25, -0.2) is 0 Å². The first-order chi connectivity index (χ1) is 8.00. The van der Waals surface area contributed by atoms with E-state index in [4.69, 9.17) is 34.8 Å². The Morgan fingerprint density at radius 3 is 2.35 bits per heavy atom. The third-order valence-electron chi connectivity index (χ3n) is 1.63. The van der Waals surface area contributed by atoms with Gasteiger partial charge >= 0.3 is 0 Å². The summed E-state index contributed by atoms with van der Waals surface area (Å²) in [6, 6.07) is 5.72. The van der Waals surface area contributed by atoms with Crippen LogP contribution in [0.4, 0.5) is 11.4 Å². The van der Waals surface area contributed by atoms with E-state index in [1.807, 2.05) is 0 Å². The molecule has 0 radical (unpaired) electrons. The molecule has 0 fully saturated rings. The van der Waals surface area contributed by atoms with Crippen molar-refractivity contribution in [3.63, 3.8) is 0 Å². The second kappa shape index (κ2) is 6.44. The van der Waals surface area contributed by atoms with Crippen LogP contribution in [-0.4, -0.2) is 11.1 Å². The van der Waals surface area contributed by atoms with E-state index in [-0.39, 0.29) is 15.2 Å². The SMILES string of the molecule is O=[N+]([O-])c1ccc(N/N=C\C(Cl)=C(Cl)Cl)cc1. The molecule has 0 atom stereocenters. The van der Waals surface area contributed by atoms with Crippen LogP contribution < -0.4 is 5.43 Å². The Bertz CT molecular complexity index is 467. The summed E-state index contributed by atoms with van der Waals surface area (Å²) in [6.45, 7) is 0. The lowest BCUT2D eigenvalue weighted by Crippen LogP contribution is -1.91. The second-order valence-electron chi connectivity index (χ2n) is 2.78. The molecule has 1 N–H and O–H groups in total. The average molecular weight is 295 g/mol. The van der Waals surface area contributed by atoms with E-state index in [9.17, 15) is 10.1 Å². The summed E-state index contributed by atoms with van der Waals surface area (Å²) in [4.78, 5) is 9.91. The van der Waals surface area contributed by atoms with Gasteiger partial charge in [-0.05, 0) is 12.1 Å². The maximum atomic E-state index is 10.4. The minimum atomic E-state index is -0.486. The maximum Gasteiger partial charge on any atom is 0.269 e. The number of hydrazone groups is 1. The predicted octanol–water partition coefficient (Wildman–Crippen LogP) is 3.88. The van der Waals surface area contributed by atoms with E-state index in [0.717, 1.165) is 0 Å². The first-order valence-electron chi connectivity index (χ1n) is 4.25. The normalized spacial score (nSPS) is 10.3. The van der Waals surface area contributed by atoms with E-state index in [1.165, 1.54) is 30.5 Å². The number of hydrogen-bond acceptors (Lipinski definition) is 4. The topological polar surface area (TPSA) is 67.5 Å². The number of anilines is 1. The number of nitrogens with zero attached hydrogens (tertiary/aromatic N) is 2. The molecule has 0 saturated heterocycles. The Hall–Kier alpha value is -1.30. The molecule has 0 aliphatic carbocycles. The zero-order valence-corrected chi connectivity index (χ0v) is 10.5. The highest BCUT2D eigenvalue weighted by Crippen LogP contribution is 2.17. The summed E-state index contributed by atoms with van der Waals surface area (Å²) >= 11 is 16.4. The standard InChI is InChI=1S/C9H6Cl3N3O2/c10-8(9(11)12)5-13-14-6-1-3-7(4-2-6)15(16)17/h1-5,14H/b13-5-. The van der Waals surface area contributed by atoms with Crippen LogP contribution in [0.1, 0.15) is 0 Å². The zero-order chi connectivity index (χ0) is 12.8. The van der Waals surface area contributed by atoms with Gasteiger partial charge in [0.2, 0.25) is 0 Å². The van der Waals surface area contributed by atoms with Crippen molar-refractivity contribution in [3.8, 4) is 0 Å². The Morgan fingerprint density at radius 1 is 1.29 bits per heavy atom. The molecule has 1 aromatic rings. The minimum absolute atomic E-state index is 0.00117. The van der Waals surface area contributed by atoms with Gasteiger partial charge in [-0.3, -0.25) is 15.5 Å². The summed E-state index contributed by atoms with van der Waals surface area (Å²) in [6.07, 6.45) is 1.22. The smallest absolute Gasteiger partial charge is 0.269 e. The quantitative estimate of drug-likeness (QED) is 0.520. The van der Waals surface area contributed by atoms with E-state index in [1.54, 1.807) is 0 Å². The van der Waals surface area contributed by atoms with Crippen LogP contribution >= 0.6 is 34.8 Å². The monoisotopic (exact) mass is 293 g/mol. The van der Waals surface area contributed by atoms with Gasteiger partial charge in [0.15, 0.2) is 0 Å². The summed E-state index contributed by atoms with van der Waals surface area (Å²) in [5.74, 6) is 0. The van der Waals surface area contributed by atoms with Gasteiger partial charge in [-0.1, -0.05) is 34.8 Å². The lowest BCUT2D eigenvalue weighted by atomic mass is 10.3. The third-order valence-corrected chi connectivity index (χ3v) is 2.52. The molecule has 0 aromatic heterocycles. The fourth-order valence-corrected chi connectivity index (χ4v) is 1.02. The van der Waals surface area contributed by atoms with Crippen molar-refractivity contribution in [2.75, 3.05) is 5.43 Å². The maximum absolute atomic E-state index is 10.4. The number of halogens is 3. The number of benzene rings is 1. The molecule has 0 bridgehead atoms. The number of nitro groups is 1. The molecule has 1 aromatic carbocycles. The van der Waals surface area contributed by atoms with Crippen LogP contribution in [0.3, 0.4) is 0 Å². The molecule has 5 nitrogen and oxygen atoms in total. The van der Waals surface area contributed by atoms with E-state index in [2.05, 4.69) is 10.5 Å². The number of allylic oxidation sites excluding steroid dienone is 1. The summed E-state index contributed by atoms with van der Waals surface area (Å²) in [7, 11) is 0. The molecule has 0 amide bonds. The van der Waals surface area contributed by atoms with Gasteiger partial charge in [-0.2, -0.15) is 5.10 Å². The van der Waals surface area contributed by atoms with E-state index < -0.39 is 4.92 Å². The summed E-state index contributed by atoms with van der Waals surface area (Å²) < 4.78 is -0.0964. The molecule has 8 heteroatoms. The van der Waals surface area contributed by atoms with Crippen molar-refractivity contribution in [2.24, 2.45) is 5.10 Å². The van der Waals surface area contributed by atoms with Crippen molar-refractivity contribution < 1.29 is 4.92 Å². The van der Waals surface area contributed by atoms with Crippen molar-refractivity contribution in [2.45, 2.75) is 0 Å². The third kappa shape index (κ3) is 4.60. The highest BCUT2D eigenvalue weighted by Gasteiger charge is 2.02. The van der Waals surface area contributed by atoms with Gasteiger partial charge in [0.05, 0.1) is 21.9 Å². The molecule has 90 valence electrons. The zero-order valence-electron chi connectivity index (χ0n) is 8.23. The highest BCUT2D eigenvalue weighted by atomic mass is 35.5. The number of non-ortho nitro benzene ring substituents is 1. The van der Waals surface area contributed by atoms with Gasteiger partial charge in [0.1, 0.15) is 4.49 Å². The van der Waals surface area contributed by atoms with Crippen LogP contribution in [0.15, 0.2) is 38.9 Å². The number of hydrogen-bond donors (Lipinski definition) is 1. The molecule has 17 heavy (non-hydrogen) atoms. The van der Waals surface area contributed by atoms with Crippen molar-refractivity contribution in [1.82, 2.24) is 0 Å². The Morgan fingerprint density at radius 2 is 1.88 bits per heavy atom. The van der Waals surface area contributed by atoms with E-state index in [0.29, 0.717) is 5.69 Å². The molecule has 0 unspecified atom stereocenters. The van der Waals surface area contributed by atoms with Crippen LogP contribution in [-0.2, 0) is 0 Å². The molecule has 1 rings (SSSR count). The van der Waals surface area contributed by atoms with Crippen molar-refractivity contribution in [3.05, 3.63) is 43.9 Å². The molecule has 0 spiro atoms. The van der Waals surface area contributed by atoms with Gasteiger partial charge < -0.3 is 0 Å². The summed E-state index contributed by atoms with van der Waals surface area (Å²) in [5, 5.41) is 14.2. The first-order valence-corrected chi connectivity index (χ1v) is 5.38. The molecule has 0 heterocycles. The molecular formula is C9H6Cl3N3O2. The number of nitro benzene ring substituents is 1.